The Labute approximate surface area is 115 Å². The smallest absolute Gasteiger partial charge is 0.230 e. The molecule has 0 atom stereocenters. The Balaban J connectivity index is 2.10. The van der Waals surface area contributed by atoms with Crippen molar-refractivity contribution in [1.29, 1.82) is 0 Å². The highest BCUT2D eigenvalue weighted by molar-refractivity contribution is 7.13. The summed E-state index contributed by atoms with van der Waals surface area (Å²) in [6, 6.07) is 5.37. The first kappa shape index (κ1) is 13.4. The minimum absolute atomic E-state index is 0.137. The summed E-state index contributed by atoms with van der Waals surface area (Å²) >= 11 is 1.38. The number of hydrogen-bond acceptors (Lipinski definition) is 5. The highest BCUT2D eigenvalue weighted by Crippen LogP contribution is 2.24. The van der Waals surface area contributed by atoms with Crippen LogP contribution in [0.25, 0.3) is 0 Å². The number of benzene rings is 1. The van der Waals surface area contributed by atoms with Crippen molar-refractivity contribution in [3.63, 3.8) is 0 Å². The van der Waals surface area contributed by atoms with E-state index in [1.807, 2.05) is 5.38 Å². The van der Waals surface area contributed by atoms with Gasteiger partial charge in [0.05, 0.1) is 20.6 Å². The number of ether oxygens (including phenoxy) is 2. The number of anilines is 1. The number of methoxy groups -OCH3 is 2. The van der Waals surface area contributed by atoms with Gasteiger partial charge in [-0.3, -0.25) is 4.79 Å². The predicted octanol–water partition coefficient (Wildman–Crippen LogP) is 2.34. The van der Waals surface area contributed by atoms with Gasteiger partial charge in [0.15, 0.2) is 5.13 Å². The SMILES string of the molecule is COc1ccc(OC)c(CC(=O)Nc2nccs2)c1. The molecule has 0 unspecified atom stereocenters. The van der Waals surface area contributed by atoms with Crippen molar-refractivity contribution in [2.45, 2.75) is 6.42 Å². The molecule has 0 aliphatic rings. The van der Waals surface area contributed by atoms with Crippen molar-refractivity contribution < 1.29 is 14.3 Å². The van der Waals surface area contributed by atoms with Crippen LogP contribution in [0.15, 0.2) is 29.8 Å². The number of carbonyl (C=O) groups excluding carboxylic acids is 1. The highest BCUT2D eigenvalue weighted by Gasteiger charge is 2.11. The average Bonchev–Trinajstić information content (AvgIpc) is 2.91. The van der Waals surface area contributed by atoms with Crippen LogP contribution in [-0.2, 0) is 11.2 Å². The number of amides is 1. The van der Waals surface area contributed by atoms with E-state index in [2.05, 4.69) is 10.3 Å². The lowest BCUT2D eigenvalue weighted by molar-refractivity contribution is -0.115. The molecule has 6 heteroatoms. The maximum Gasteiger partial charge on any atom is 0.230 e. The van der Waals surface area contributed by atoms with Crippen molar-refractivity contribution in [1.82, 2.24) is 4.98 Å². The Morgan fingerprint density at radius 1 is 1.37 bits per heavy atom. The third-order valence-corrected chi connectivity index (χ3v) is 3.21. The number of nitrogens with one attached hydrogen (secondary N) is 1. The largest absolute Gasteiger partial charge is 0.497 e. The van der Waals surface area contributed by atoms with Crippen LogP contribution in [0, 0.1) is 0 Å². The molecule has 2 rings (SSSR count). The Bertz CT molecular complexity index is 555. The van der Waals surface area contributed by atoms with E-state index in [0.717, 1.165) is 5.56 Å². The zero-order valence-corrected chi connectivity index (χ0v) is 11.5. The highest BCUT2D eigenvalue weighted by atomic mass is 32.1. The van der Waals surface area contributed by atoms with Crippen LogP contribution in [0.1, 0.15) is 5.56 Å². The zero-order valence-electron chi connectivity index (χ0n) is 10.7. The van der Waals surface area contributed by atoms with Crippen LogP contribution in [0.2, 0.25) is 0 Å². The first-order valence-corrected chi connectivity index (χ1v) is 6.51. The Morgan fingerprint density at radius 2 is 2.21 bits per heavy atom. The molecule has 0 saturated carbocycles. The van der Waals surface area contributed by atoms with E-state index in [0.29, 0.717) is 16.6 Å². The minimum Gasteiger partial charge on any atom is -0.497 e. The van der Waals surface area contributed by atoms with Gasteiger partial charge in [0, 0.05) is 17.1 Å². The predicted molar refractivity (Wildman–Crippen MR) is 74.0 cm³/mol. The van der Waals surface area contributed by atoms with E-state index in [1.54, 1.807) is 38.6 Å². The summed E-state index contributed by atoms with van der Waals surface area (Å²) in [5.41, 5.74) is 0.774. The summed E-state index contributed by atoms with van der Waals surface area (Å²) in [7, 11) is 3.16. The molecule has 0 aliphatic heterocycles. The van der Waals surface area contributed by atoms with Gasteiger partial charge in [-0.05, 0) is 18.2 Å². The molecule has 19 heavy (non-hydrogen) atoms. The second kappa shape index (κ2) is 6.19. The van der Waals surface area contributed by atoms with E-state index in [4.69, 9.17) is 9.47 Å². The van der Waals surface area contributed by atoms with Gasteiger partial charge < -0.3 is 14.8 Å². The van der Waals surface area contributed by atoms with E-state index < -0.39 is 0 Å². The minimum atomic E-state index is -0.137. The molecule has 1 aromatic carbocycles. The standard InChI is InChI=1S/C13H14N2O3S/c1-17-10-3-4-11(18-2)9(7-10)8-12(16)15-13-14-5-6-19-13/h3-7H,8H2,1-2H3,(H,14,15,16). The summed E-state index contributed by atoms with van der Waals surface area (Å²) in [5, 5.41) is 5.13. The Kier molecular flexibility index (Phi) is 4.35. The maximum absolute atomic E-state index is 11.9. The van der Waals surface area contributed by atoms with Crippen LogP contribution >= 0.6 is 11.3 Å². The van der Waals surface area contributed by atoms with Crippen LogP contribution < -0.4 is 14.8 Å². The van der Waals surface area contributed by atoms with Crippen molar-refractivity contribution in [3.8, 4) is 11.5 Å². The van der Waals surface area contributed by atoms with Crippen molar-refractivity contribution in [2.24, 2.45) is 0 Å². The van der Waals surface area contributed by atoms with Gasteiger partial charge >= 0.3 is 0 Å². The lowest BCUT2D eigenvalue weighted by atomic mass is 10.1. The fourth-order valence-electron chi connectivity index (χ4n) is 1.64. The number of thiazole rings is 1. The number of carbonyl (C=O) groups is 1. The molecule has 100 valence electrons. The summed E-state index contributed by atoms with van der Waals surface area (Å²) in [6.45, 7) is 0. The molecule has 0 radical (unpaired) electrons. The fourth-order valence-corrected chi connectivity index (χ4v) is 2.19. The quantitative estimate of drug-likeness (QED) is 0.912. The van der Waals surface area contributed by atoms with E-state index in [9.17, 15) is 4.79 Å². The van der Waals surface area contributed by atoms with Crippen LogP contribution in [-0.4, -0.2) is 25.1 Å². The number of rotatable bonds is 5. The zero-order chi connectivity index (χ0) is 13.7. The third-order valence-electron chi connectivity index (χ3n) is 2.52. The third kappa shape index (κ3) is 3.45. The van der Waals surface area contributed by atoms with Gasteiger partial charge in [0.2, 0.25) is 5.91 Å². The van der Waals surface area contributed by atoms with Crippen LogP contribution in [0.4, 0.5) is 5.13 Å². The van der Waals surface area contributed by atoms with Gasteiger partial charge in [-0.25, -0.2) is 4.98 Å². The Hall–Kier alpha value is -2.08. The summed E-state index contributed by atoms with van der Waals surface area (Å²) in [5.74, 6) is 1.22. The van der Waals surface area contributed by atoms with Gasteiger partial charge in [-0.15, -0.1) is 11.3 Å². The van der Waals surface area contributed by atoms with E-state index >= 15 is 0 Å². The Morgan fingerprint density at radius 3 is 2.84 bits per heavy atom. The number of nitrogens with zero attached hydrogens (tertiary/aromatic N) is 1. The molecule has 0 fully saturated rings. The molecule has 2 aromatic rings. The van der Waals surface area contributed by atoms with Crippen LogP contribution in [0.5, 0.6) is 11.5 Å². The molecule has 0 aliphatic carbocycles. The lowest BCUT2D eigenvalue weighted by Crippen LogP contribution is -2.14. The van der Waals surface area contributed by atoms with Crippen molar-refractivity contribution >= 4 is 22.4 Å². The topological polar surface area (TPSA) is 60.5 Å². The molecule has 0 saturated heterocycles. The second-order valence-electron chi connectivity index (χ2n) is 3.74. The molecule has 1 N–H and O–H groups in total. The van der Waals surface area contributed by atoms with E-state index in [-0.39, 0.29) is 12.3 Å². The molecule has 5 nitrogen and oxygen atoms in total. The fraction of sp³-hybridized carbons (Fsp3) is 0.231. The van der Waals surface area contributed by atoms with Gasteiger partial charge in [0.1, 0.15) is 11.5 Å². The molecule has 0 spiro atoms. The molecule has 1 amide bonds. The monoisotopic (exact) mass is 278 g/mol. The normalized spacial score (nSPS) is 10.0. The molecular formula is C13H14N2O3S. The lowest BCUT2D eigenvalue weighted by Gasteiger charge is -2.10. The van der Waals surface area contributed by atoms with Crippen LogP contribution in [0.3, 0.4) is 0 Å². The first-order valence-electron chi connectivity index (χ1n) is 5.63. The average molecular weight is 278 g/mol. The van der Waals surface area contributed by atoms with Gasteiger partial charge in [-0.1, -0.05) is 0 Å². The first-order chi connectivity index (χ1) is 9.22. The van der Waals surface area contributed by atoms with Gasteiger partial charge in [0.25, 0.3) is 0 Å². The van der Waals surface area contributed by atoms with E-state index in [1.165, 1.54) is 11.3 Å². The summed E-state index contributed by atoms with van der Waals surface area (Å²) in [6.07, 6.45) is 1.85. The number of aromatic nitrogens is 1. The summed E-state index contributed by atoms with van der Waals surface area (Å²) in [4.78, 5) is 15.9. The molecule has 1 heterocycles. The van der Waals surface area contributed by atoms with Crippen molar-refractivity contribution in [2.75, 3.05) is 19.5 Å². The molecule has 1 aromatic heterocycles. The van der Waals surface area contributed by atoms with Crippen molar-refractivity contribution in [3.05, 3.63) is 35.3 Å². The molecule has 0 bridgehead atoms. The molecular weight excluding hydrogens is 264 g/mol. The maximum atomic E-state index is 11.9. The van der Waals surface area contributed by atoms with Gasteiger partial charge in [-0.2, -0.15) is 0 Å². The summed E-state index contributed by atoms with van der Waals surface area (Å²) < 4.78 is 10.4. The number of hydrogen-bond donors (Lipinski definition) is 1. The second-order valence-corrected chi connectivity index (χ2v) is 4.63.